The minimum absolute atomic E-state index is 0.185. The van der Waals surface area contributed by atoms with E-state index in [1.165, 1.54) is 0 Å². The highest BCUT2D eigenvalue weighted by molar-refractivity contribution is 6.34. The first kappa shape index (κ1) is 13.1. The molecule has 6 heteroatoms. The van der Waals surface area contributed by atoms with E-state index in [0.717, 1.165) is 5.56 Å². The van der Waals surface area contributed by atoms with Crippen molar-refractivity contribution in [3.05, 3.63) is 21.9 Å². The van der Waals surface area contributed by atoms with Gasteiger partial charge in [-0.15, -0.1) is 0 Å². The Hall–Kier alpha value is -1.00. The lowest BCUT2D eigenvalue weighted by Gasteiger charge is -2.16. The molecule has 0 aliphatic rings. The van der Waals surface area contributed by atoms with Crippen LogP contribution in [0.3, 0.4) is 0 Å². The van der Waals surface area contributed by atoms with Crippen LogP contribution in [0.1, 0.15) is 18.9 Å². The standard InChI is InChI=1S/C10H12Cl2N2O2/c1-3-6(10(15)16)13-8-5(2)4-7(11)14-9(8)12/h4,6,13H,3H2,1-2H3,(H,15,16). The maximum absolute atomic E-state index is 10.9. The van der Waals surface area contributed by atoms with E-state index in [2.05, 4.69) is 10.3 Å². The minimum Gasteiger partial charge on any atom is -0.480 e. The van der Waals surface area contributed by atoms with Gasteiger partial charge in [-0.3, -0.25) is 0 Å². The number of hydrogen-bond donors (Lipinski definition) is 2. The minimum atomic E-state index is -0.923. The van der Waals surface area contributed by atoms with Gasteiger partial charge in [-0.2, -0.15) is 0 Å². The number of hydrogen-bond acceptors (Lipinski definition) is 3. The van der Waals surface area contributed by atoms with Gasteiger partial charge in [0.05, 0.1) is 5.69 Å². The highest BCUT2D eigenvalue weighted by Crippen LogP contribution is 2.27. The zero-order valence-electron chi connectivity index (χ0n) is 8.92. The molecule has 0 aliphatic heterocycles. The molecule has 0 bridgehead atoms. The molecular weight excluding hydrogens is 251 g/mol. The maximum Gasteiger partial charge on any atom is 0.326 e. The summed E-state index contributed by atoms with van der Waals surface area (Å²) in [6.07, 6.45) is 0.452. The first-order valence-electron chi connectivity index (χ1n) is 4.77. The Bertz CT molecular complexity index is 387. The van der Waals surface area contributed by atoms with E-state index in [0.29, 0.717) is 12.1 Å². The van der Waals surface area contributed by atoms with E-state index in [9.17, 15) is 4.79 Å². The molecule has 0 aliphatic carbocycles. The SMILES string of the molecule is CCC(Nc1c(C)cc(Cl)nc1Cl)C(=O)O. The number of nitrogens with one attached hydrogen (secondary N) is 1. The second-order valence-corrected chi connectivity index (χ2v) is 4.12. The first-order valence-corrected chi connectivity index (χ1v) is 5.53. The van der Waals surface area contributed by atoms with Gasteiger partial charge in [0.15, 0.2) is 5.15 Å². The monoisotopic (exact) mass is 262 g/mol. The van der Waals surface area contributed by atoms with E-state index in [4.69, 9.17) is 28.3 Å². The molecule has 88 valence electrons. The van der Waals surface area contributed by atoms with Crippen molar-refractivity contribution in [1.82, 2.24) is 4.98 Å². The molecule has 0 radical (unpaired) electrons. The maximum atomic E-state index is 10.9. The fourth-order valence-electron chi connectivity index (χ4n) is 1.28. The average molecular weight is 263 g/mol. The Labute approximate surface area is 104 Å². The smallest absolute Gasteiger partial charge is 0.326 e. The molecule has 4 nitrogen and oxygen atoms in total. The lowest BCUT2D eigenvalue weighted by Crippen LogP contribution is -2.28. The first-order chi connectivity index (χ1) is 7.45. The number of carboxylic acids is 1. The van der Waals surface area contributed by atoms with Crippen LogP contribution < -0.4 is 5.32 Å². The van der Waals surface area contributed by atoms with Crippen molar-refractivity contribution in [2.45, 2.75) is 26.3 Å². The largest absolute Gasteiger partial charge is 0.480 e. The zero-order valence-corrected chi connectivity index (χ0v) is 10.4. The highest BCUT2D eigenvalue weighted by Gasteiger charge is 2.17. The van der Waals surface area contributed by atoms with Gasteiger partial charge in [0.1, 0.15) is 11.2 Å². The number of carboxylic acid groups (broad SMARTS) is 1. The van der Waals surface area contributed by atoms with Crippen molar-refractivity contribution >= 4 is 34.9 Å². The van der Waals surface area contributed by atoms with E-state index >= 15 is 0 Å². The number of aromatic nitrogens is 1. The zero-order chi connectivity index (χ0) is 12.3. The molecule has 0 fully saturated rings. The van der Waals surface area contributed by atoms with Crippen LogP contribution in [0.2, 0.25) is 10.3 Å². The molecule has 1 rings (SSSR count). The lowest BCUT2D eigenvalue weighted by atomic mass is 10.2. The fraction of sp³-hybridized carbons (Fsp3) is 0.400. The van der Waals surface area contributed by atoms with Crippen LogP contribution in [0.4, 0.5) is 5.69 Å². The van der Waals surface area contributed by atoms with E-state index in [-0.39, 0.29) is 10.3 Å². The van der Waals surface area contributed by atoms with Crippen molar-refractivity contribution in [3.8, 4) is 0 Å². The number of aliphatic carboxylic acids is 1. The highest BCUT2D eigenvalue weighted by atomic mass is 35.5. The van der Waals surface area contributed by atoms with E-state index in [1.54, 1.807) is 19.9 Å². The summed E-state index contributed by atoms with van der Waals surface area (Å²) < 4.78 is 0. The topological polar surface area (TPSA) is 62.2 Å². The van der Waals surface area contributed by atoms with Crippen LogP contribution in [0.15, 0.2) is 6.07 Å². The van der Waals surface area contributed by atoms with Crippen molar-refractivity contribution in [2.75, 3.05) is 5.32 Å². The van der Waals surface area contributed by atoms with Crippen LogP contribution in [0.5, 0.6) is 0 Å². The molecule has 1 aromatic rings. The predicted molar refractivity (Wildman–Crippen MR) is 64.3 cm³/mol. The molecule has 0 aromatic carbocycles. The number of aryl methyl sites for hydroxylation is 1. The summed E-state index contributed by atoms with van der Waals surface area (Å²) in [5.74, 6) is -0.923. The average Bonchev–Trinajstić information content (AvgIpc) is 2.15. The van der Waals surface area contributed by atoms with Gasteiger partial charge < -0.3 is 10.4 Å². The quantitative estimate of drug-likeness (QED) is 0.820. The van der Waals surface area contributed by atoms with Gasteiger partial charge in [-0.05, 0) is 25.0 Å². The molecule has 1 heterocycles. The summed E-state index contributed by atoms with van der Waals surface area (Å²) in [5.41, 5.74) is 1.28. The summed E-state index contributed by atoms with van der Waals surface area (Å²) in [6.45, 7) is 3.56. The molecule has 0 spiro atoms. The van der Waals surface area contributed by atoms with Crippen molar-refractivity contribution in [2.24, 2.45) is 0 Å². The van der Waals surface area contributed by atoms with Gasteiger partial charge in [-0.25, -0.2) is 9.78 Å². The Balaban J connectivity index is 3.01. The Morgan fingerprint density at radius 3 is 2.69 bits per heavy atom. The summed E-state index contributed by atoms with van der Waals surface area (Å²) >= 11 is 11.6. The molecule has 0 saturated heterocycles. The molecule has 1 atom stereocenters. The van der Waals surface area contributed by atoms with Gasteiger partial charge in [0.25, 0.3) is 0 Å². The molecule has 0 amide bonds. The second kappa shape index (κ2) is 5.37. The van der Waals surface area contributed by atoms with Crippen LogP contribution in [-0.2, 0) is 4.79 Å². The number of halogens is 2. The van der Waals surface area contributed by atoms with Crippen LogP contribution in [-0.4, -0.2) is 22.1 Å². The fourth-order valence-corrected chi connectivity index (χ4v) is 1.87. The van der Waals surface area contributed by atoms with Crippen molar-refractivity contribution < 1.29 is 9.90 Å². The van der Waals surface area contributed by atoms with E-state index in [1.807, 2.05) is 0 Å². The molecule has 16 heavy (non-hydrogen) atoms. The number of nitrogens with zero attached hydrogens (tertiary/aromatic N) is 1. The van der Waals surface area contributed by atoms with Crippen molar-refractivity contribution in [1.29, 1.82) is 0 Å². The molecule has 2 N–H and O–H groups in total. The lowest BCUT2D eigenvalue weighted by molar-refractivity contribution is -0.137. The number of anilines is 1. The molecule has 0 saturated carbocycles. The molecular formula is C10H12Cl2N2O2. The van der Waals surface area contributed by atoms with E-state index < -0.39 is 12.0 Å². The number of pyridine rings is 1. The third-order valence-corrected chi connectivity index (χ3v) is 2.63. The number of rotatable bonds is 4. The Morgan fingerprint density at radius 2 is 2.25 bits per heavy atom. The van der Waals surface area contributed by atoms with Crippen molar-refractivity contribution in [3.63, 3.8) is 0 Å². The summed E-state index contributed by atoms with van der Waals surface area (Å²) in [4.78, 5) is 14.7. The number of carbonyl (C=O) groups is 1. The van der Waals surface area contributed by atoms with Gasteiger partial charge in [-0.1, -0.05) is 30.1 Å². The van der Waals surface area contributed by atoms with Gasteiger partial charge in [0.2, 0.25) is 0 Å². The molecule has 1 aromatic heterocycles. The molecule has 1 unspecified atom stereocenters. The van der Waals surface area contributed by atoms with Crippen LogP contribution >= 0.6 is 23.2 Å². The Kier molecular flexibility index (Phi) is 4.38. The summed E-state index contributed by atoms with van der Waals surface area (Å²) in [6, 6.07) is 0.948. The van der Waals surface area contributed by atoms with Gasteiger partial charge >= 0.3 is 5.97 Å². The summed E-state index contributed by atoms with van der Waals surface area (Å²) in [5, 5.41) is 12.2. The predicted octanol–water partition coefficient (Wildman–Crippen LogP) is 2.97. The normalized spacial score (nSPS) is 12.2. The van der Waals surface area contributed by atoms with Crippen LogP contribution in [0.25, 0.3) is 0 Å². The third kappa shape index (κ3) is 3.00. The Morgan fingerprint density at radius 1 is 1.62 bits per heavy atom. The third-order valence-electron chi connectivity index (χ3n) is 2.17. The second-order valence-electron chi connectivity index (χ2n) is 3.37. The summed E-state index contributed by atoms with van der Waals surface area (Å²) in [7, 11) is 0. The van der Waals surface area contributed by atoms with Gasteiger partial charge in [0, 0.05) is 0 Å². The van der Waals surface area contributed by atoms with Crippen LogP contribution in [0, 0.1) is 6.92 Å².